The Bertz CT molecular complexity index is 864. The van der Waals surface area contributed by atoms with Crippen molar-refractivity contribution in [1.29, 1.82) is 0 Å². The number of amides is 2. The topological polar surface area (TPSA) is 107 Å². The maximum Gasteiger partial charge on any atom is 0.322 e. The third kappa shape index (κ3) is 7.06. The Morgan fingerprint density at radius 3 is 1.72 bits per heavy atom. The van der Waals surface area contributed by atoms with Crippen LogP contribution in [0.4, 0.5) is 8.78 Å². The van der Waals surface area contributed by atoms with E-state index in [9.17, 15) is 28.3 Å². The first-order chi connectivity index (χ1) is 13.7. The van der Waals surface area contributed by atoms with E-state index in [2.05, 4.69) is 0 Å². The molecule has 2 rings (SSSR count). The highest BCUT2D eigenvalue weighted by atomic mass is 19.1. The van der Waals surface area contributed by atoms with Gasteiger partial charge in [0.05, 0.1) is 6.08 Å². The second-order valence-corrected chi connectivity index (χ2v) is 6.05. The lowest BCUT2D eigenvalue weighted by Crippen LogP contribution is -2.33. The van der Waals surface area contributed by atoms with Crippen molar-refractivity contribution < 1.29 is 33.4 Å². The van der Waals surface area contributed by atoms with E-state index in [1.807, 2.05) is 5.32 Å². The highest BCUT2D eigenvalue weighted by molar-refractivity contribution is 5.99. The van der Waals surface area contributed by atoms with Gasteiger partial charge in [0, 0.05) is 13.1 Å². The molecule has 152 valence electrons. The molecule has 9 heteroatoms. The summed E-state index contributed by atoms with van der Waals surface area (Å²) in [5, 5.41) is 20.2. The molecule has 0 aromatic heterocycles. The molecule has 0 aliphatic carbocycles. The lowest BCUT2D eigenvalue weighted by atomic mass is 10.1. The predicted molar refractivity (Wildman–Crippen MR) is 98.4 cm³/mol. The van der Waals surface area contributed by atoms with Crippen LogP contribution in [0.15, 0.2) is 60.4 Å². The van der Waals surface area contributed by atoms with Crippen LogP contribution in [0.2, 0.25) is 0 Å². The number of carbonyl (C=O) groups excluding carboxylic acids is 2. The van der Waals surface area contributed by atoms with Crippen LogP contribution in [0.3, 0.4) is 0 Å². The first kappa shape index (κ1) is 21.5. The molecule has 0 fully saturated rings. The van der Waals surface area contributed by atoms with Crippen molar-refractivity contribution >= 4 is 17.8 Å². The second-order valence-electron chi connectivity index (χ2n) is 6.05. The number of carboxylic acid groups (broad SMARTS) is 1. The van der Waals surface area contributed by atoms with Crippen LogP contribution in [0.5, 0.6) is 0 Å². The SMILES string of the molecule is O=C(O)CNC(=O)/C(O)=C/C(=O)N(Cc1ccc(F)cc1)Cc1ccc(F)cc1. The first-order valence-corrected chi connectivity index (χ1v) is 8.43. The molecule has 7 nitrogen and oxygen atoms in total. The molecule has 0 aliphatic heterocycles. The van der Waals surface area contributed by atoms with Gasteiger partial charge in [-0.15, -0.1) is 0 Å². The van der Waals surface area contributed by atoms with E-state index in [4.69, 9.17) is 5.11 Å². The van der Waals surface area contributed by atoms with Gasteiger partial charge < -0.3 is 20.4 Å². The van der Waals surface area contributed by atoms with E-state index < -0.39 is 41.7 Å². The molecule has 0 aliphatic rings. The summed E-state index contributed by atoms with van der Waals surface area (Å²) in [5.41, 5.74) is 1.18. The smallest absolute Gasteiger partial charge is 0.322 e. The summed E-state index contributed by atoms with van der Waals surface area (Å²) in [5.74, 6) is -5.03. The predicted octanol–water partition coefficient (Wildman–Crippen LogP) is 2.14. The quantitative estimate of drug-likeness (QED) is 0.462. The number of nitrogens with one attached hydrogen (secondary N) is 1. The van der Waals surface area contributed by atoms with Crippen molar-refractivity contribution in [1.82, 2.24) is 10.2 Å². The van der Waals surface area contributed by atoms with Gasteiger partial charge in [0.15, 0.2) is 5.76 Å². The highest BCUT2D eigenvalue weighted by Gasteiger charge is 2.17. The number of halogens is 2. The van der Waals surface area contributed by atoms with Crippen LogP contribution >= 0.6 is 0 Å². The molecule has 0 spiro atoms. The van der Waals surface area contributed by atoms with E-state index in [1.165, 1.54) is 53.4 Å². The number of aliphatic carboxylic acids is 1. The molecule has 0 atom stereocenters. The molecule has 0 saturated carbocycles. The lowest BCUT2D eigenvalue weighted by Gasteiger charge is -2.22. The van der Waals surface area contributed by atoms with Crippen LogP contribution < -0.4 is 5.32 Å². The molecule has 29 heavy (non-hydrogen) atoms. The normalized spacial score (nSPS) is 11.0. The van der Waals surface area contributed by atoms with Crippen LogP contribution in [0.25, 0.3) is 0 Å². The maximum atomic E-state index is 13.1. The van der Waals surface area contributed by atoms with Gasteiger partial charge in [-0.1, -0.05) is 24.3 Å². The van der Waals surface area contributed by atoms with E-state index >= 15 is 0 Å². The van der Waals surface area contributed by atoms with Crippen molar-refractivity contribution in [3.8, 4) is 0 Å². The molecule has 0 unspecified atom stereocenters. The summed E-state index contributed by atoms with van der Waals surface area (Å²) < 4.78 is 26.2. The number of carboxylic acids is 1. The van der Waals surface area contributed by atoms with Gasteiger partial charge in [-0.2, -0.15) is 0 Å². The number of aliphatic hydroxyl groups excluding tert-OH is 1. The zero-order chi connectivity index (χ0) is 21.4. The minimum Gasteiger partial charge on any atom is -0.503 e. The van der Waals surface area contributed by atoms with E-state index in [0.717, 1.165) is 0 Å². The van der Waals surface area contributed by atoms with Crippen LogP contribution in [0, 0.1) is 11.6 Å². The zero-order valence-corrected chi connectivity index (χ0v) is 15.1. The number of aliphatic hydroxyl groups is 1. The molecule has 2 aromatic carbocycles. The summed E-state index contributed by atoms with van der Waals surface area (Å²) >= 11 is 0. The average molecular weight is 404 g/mol. The fourth-order valence-corrected chi connectivity index (χ4v) is 2.35. The van der Waals surface area contributed by atoms with Crippen LogP contribution in [0.1, 0.15) is 11.1 Å². The third-order valence-corrected chi connectivity index (χ3v) is 3.78. The number of hydrogen-bond donors (Lipinski definition) is 3. The molecule has 3 N–H and O–H groups in total. The summed E-state index contributed by atoms with van der Waals surface area (Å²) in [6.07, 6.45) is 0.657. The molecule has 0 saturated heterocycles. The minimum atomic E-state index is -1.31. The molecular formula is C20H18F2N2O5. The molecule has 0 heterocycles. The molecule has 2 amide bonds. The Morgan fingerprint density at radius 1 is 0.862 bits per heavy atom. The molecule has 2 aromatic rings. The third-order valence-electron chi connectivity index (χ3n) is 3.78. The second kappa shape index (κ2) is 9.98. The number of carbonyl (C=O) groups is 3. The van der Waals surface area contributed by atoms with Gasteiger partial charge in [-0.3, -0.25) is 14.4 Å². The van der Waals surface area contributed by atoms with Gasteiger partial charge in [0.25, 0.3) is 11.8 Å². The molecular weight excluding hydrogens is 386 g/mol. The Balaban J connectivity index is 2.19. The van der Waals surface area contributed by atoms with Gasteiger partial charge in [0.1, 0.15) is 18.2 Å². The number of benzene rings is 2. The Hall–Kier alpha value is -3.75. The van der Waals surface area contributed by atoms with Crippen molar-refractivity contribution in [2.45, 2.75) is 13.1 Å². The number of nitrogens with zero attached hydrogens (tertiary/aromatic N) is 1. The minimum absolute atomic E-state index is 0.0248. The largest absolute Gasteiger partial charge is 0.503 e. The Morgan fingerprint density at radius 2 is 1.31 bits per heavy atom. The average Bonchev–Trinajstić information content (AvgIpc) is 2.68. The maximum absolute atomic E-state index is 13.1. The van der Waals surface area contributed by atoms with Crippen LogP contribution in [-0.2, 0) is 27.5 Å². The molecule has 0 bridgehead atoms. The highest BCUT2D eigenvalue weighted by Crippen LogP contribution is 2.13. The Labute approximate surface area is 164 Å². The first-order valence-electron chi connectivity index (χ1n) is 8.43. The van der Waals surface area contributed by atoms with E-state index in [0.29, 0.717) is 17.2 Å². The summed E-state index contributed by atoms with van der Waals surface area (Å²) in [6, 6.07) is 10.8. The van der Waals surface area contributed by atoms with Crippen molar-refractivity contribution in [2.24, 2.45) is 0 Å². The van der Waals surface area contributed by atoms with Crippen LogP contribution in [-0.4, -0.2) is 39.4 Å². The lowest BCUT2D eigenvalue weighted by molar-refractivity contribution is -0.137. The van der Waals surface area contributed by atoms with Crippen molar-refractivity contribution in [3.63, 3.8) is 0 Å². The van der Waals surface area contributed by atoms with Gasteiger partial charge in [-0.25, -0.2) is 8.78 Å². The van der Waals surface area contributed by atoms with E-state index in [1.54, 1.807) is 0 Å². The molecule has 0 radical (unpaired) electrons. The fraction of sp³-hybridized carbons (Fsp3) is 0.150. The summed E-state index contributed by atoms with van der Waals surface area (Å²) in [4.78, 5) is 36.0. The fourth-order valence-electron chi connectivity index (χ4n) is 2.35. The number of rotatable bonds is 8. The van der Waals surface area contributed by atoms with Gasteiger partial charge in [-0.05, 0) is 35.4 Å². The summed E-state index contributed by atoms with van der Waals surface area (Å²) in [6.45, 7) is -0.673. The Kier molecular flexibility index (Phi) is 7.41. The van der Waals surface area contributed by atoms with Gasteiger partial charge >= 0.3 is 5.97 Å². The van der Waals surface area contributed by atoms with Crippen molar-refractivity contribution in [3.05, 3.63) is 83.1 Å². The number of hydrogen-bond acceptors (Lipinski definition) is 4. The zero-order valence-electron chi connectivity index (χ0n) is 15.1. The monoisotopic (exact) mass is 404 g/mol. The van der Waals surface area contributed by atoms with Crippen molar-refractivity contribution in [2.75, 3.05) is 6.54 Å². The van der Waals surface area contributed by atoms with Gasteiger partial charge in [0.2, 0.25) is 0 Å². The standard InChI is InChI=1S/C20H18F2N2O5/c21-15-5-1-13(2-6-15)11-24(12-14-3-7-16(22)8-4-14)18(26)9-17(25)20(29)23-10-19(27)28/h1-9,25H,10-12H2,(H,23,29)(H,27,28)/b17-9-. The van der Waals surface area contributed by atoms with E-state index in [-0.39, 0.29) is 13.1 Å². The summed E-state index contributed by atoms with van der Waals surface area (Å²) in [7, 11) is 0.